The van der Waals surface area contributed by atoms with Crippen molar-refractivity contribution in [1.82, 2.24) is 0 Å². The SMILES string of the molecule is CCCCCCCCC1CCC(C2CCC(CCC(=O)Oc3ccc(CCC)c(F)c3)CC2)CC1. The topological polar surface area (TPSA) is 26.3 Å². The van der Waals surface area contributed by atoms with Crippen molar-refractivity contribution in [3.63, 3.8) is 0 Å². The summed E-state index contributed by atoms with van der Waals surface area (Å²) in [5, 5.41) is 0. The number of hydrogen-bond donors (Lipinski definition) is 0. The highest BCUT2D eigenvalue weighted by atomic mass is 19.1. The van der Waals surface area contributed by atoms with E-state index in [1.54, 1.807) is 12.1 Å². The number of halogens is 1. The standard InChI is InChI=1S/C32H51FO2/c1-3-5-6-7-8-9-11-25-12-17-27(18-13-25)28-19-14-26(15-20-28)16-23-32(34)35-30-22-21-29(10-4-2)31(33)24-30/h21-22,24-28H,3-20,23H2,1-2H3. The van der Waals surface area contributed by atoms with Gasteiger partial charge in [0.1, 0.15) is 11.6 Å². The lowest BCUT2D eigenvalue weighted by atomic mass is 9.68. The maximum absolute atomic E-state index is 14.1. The zero-order chi connectivity index (χ0) is 24.9. The van der Waals surface area contributed by atoms with E-state index in [-0.39, 0.29) is 11.8 Å². The highest BCUT2D eigenvalue weighted by molar-refractivity contribution is 5.72. The van der Waals surface area contributed by atoms with Crippen LogP contribution in [0.3, 0.4) is 0 Å². The average molecular weight is 487 g/mol. The molecule has 0 saturated heterocycles. The molecule has 2 fully saturated rings. The van der Waals surface area contributed by atoms with Gasteiger partial charge in [-0.25, -0.2) is 4.39 Å². The number of unbranched alkanes of at least 4 members (excludes halogenated alkanes) is 5. The first-order chi connectivity index (χ1) is 17.1. The van der Waals surface area contributed by atoms with Crippen LogP contribution in [0.1, 0.15) is 135 Å². The second-order valence-electron chi connectivity index (χ2n) is 11.6. The number of rotatable bonds is 14. The summed E-state index contributed by atoms with van der Waals surface area (Å²) >= 11 is 0. The van der Waals surface area contributed by atoms with Crippen molar-refractivity contribution >= 4 is 5.97 Å². The minimum Gasteiger partial charge on any atom is -0.426 e. The molecule has 0 radical (unpaired) electrons. The van der Waals surface area contributed by atoms with Gasteiger partial charge >= 0.3 is 5.97 Å². The van der Waals surface area contributed by atoms with Crippen LogP contribution in [0.4, 0.5) is 4.39 Å². The number of ether oxygens (including phenoxy) is 1. The minimum absolute atomic E-state index is 0.224. The van der Waals surface area contributed by atoms with E-state index < -0.39 is 0 Å². The highest BCUT2D eigenvalue weighted by Crippen LogP contribution is 2.43. The first kappa shape index (κ1) is 28.2. The molecule has 3 heteroatoms. The third-order valence-electron chi connectivity index (χ3n) is 8.95. The van der Waals surface area contributed by atoms with E-state index in [1.165, 1.54) is 102 Å². The first-order valence-corrected chi connectivity index (χ1v) is 15.1. The molecule has 0 aromatic heterocycles. The highest BCUT2D eigenvalue weighted by Gasteiger charge is 2.30. The van der Waals surface area contributed by atoms with Crippen molar-refractivity contribution < 1.29 is 13.9 Å². The summed E-state index contributed by atoms with van der Waals surface area (Å²) in [5.74, 6) is 3.35. The summed E-state index contributed by atoms with van der Waals surface area (Å²) in [6.07, 6.45) is 24.0. The van der Waals surface area contributed by atoms with Crippen molar-refractivity contribution in [1.29, 1.82) is 0 Å². The van der Waals surface area contributed by atoms with E-state index in [9.17, 15) is 9.18 Å². The Morgan fingerprint density at radius 2 is 1.40 bits per heavy atom. The van der Waals surface area contributed by atoms with Crippen LogP contribution in [0.5, 0.6) is 5.75 Å². The van der Waals surface area contributed by atoms with Crippen LogP contribution in [0.15, 0.2) is 18.2 Å². The summed E-state index contributed by atoms with van der Waals surface area (Å²) in [4.78, 5) is 12.3. The molecule has 2 nitrogen and oxygen atoms in total. The predicted molar refractivity (Wildman–Crippen MR) is 144 cm³/mol. The Labute approximate surface area is 214 Å². The summed E-state index contributed by atoms with van der Waals surface area (Å²) in [6, 6.07) is 4.82. The van der Waals surface area contributed by atoms with Crippen LogP contribution in [0, 0.1) is 29.5 Å². The maximum atomic E-state index is 14.1. The molecule has 35 heavy (non-hydrogen) atoms. The molecule has 198 valence electrons. The van der Waals surface area contributed by atoms with Gasteiger partial charge in [0.15, 0.2) is 0 Å². The molecule has 2 saturated carbocycles. The second-order valence-corrected chi connectivity index (χ2v) is 11.6. The van der Waals surface area contributed by atoms with E-state index >= 15 is 0 Å². The van der Waals surface area contributed by atoms with Gasteiger partial charge in [0, 0.05) is 12.5 Å². The Morgan fingerprint density at radius 1 is 0.800 bits per heavy atom. The van der Waals surface area contributed by atoms with E-state index in [0.717, 1.165) is 30.6 Å². The van der Waals surface area contributed by atoms with Gasteiger partial charge in [-0.15, -0.1) is 0 Å². The van der Waals surface area contributed by atoms with Gasteiger partial charge in [-0.05, 0) is 73.8 Å². The van der Waals surface area contributed by atoms with Crippen molar-refractivity contribution in [3.8, 4) is 5.75 Å². The number of aryl methyl sites for hydroxylation is 1. The minimum atomic E-state index is -0.271. The number of carbonyl (C=O) groups excluding carboxylic acids is 1. The van der Waals surface area contributed by atoms with Gasteiger partial charge in [-0.2, -0.15) is 0 Å². The molecule has 3 rings (SSSR count). The third kappa shape index (κ3) is 9.89. The van der Waals surface area contributed by atoms with Crippen LogP contribution >= 0.6 is 0 Å². The fraction of sp³-hybridized carbons (Fsp3) is 0.781. The van der Waals surface area contributed by atoms with Gasteiger partial charge in [0.25, 0.3) is 0 Å². The molecule has 0 atom stereocenters. The van der Waals surface area contributed by atoms with Crippen molar-refractivity contribution in [2.24, 2.45) is 23.7 Å². The average Bonchev–Trinajstić information content (AvgIpc) is 2.87. The Kier molecular flexibility index (Phi) is 12.6. The molecular weight excluding hydrogens is 435 g/mol. The van der Waals surface area contributed by atoms with Gasteiger partial charge in [-0.1, -0.05) is 97.0 Å². The van der Waals surface area contributed by atoms with Crippen LogP contribution in [0.25, 0.3) is 0 Å². The molecule has 0 unspecified atom stereocenters. The molecule has 0 bridgehead atoms. The molecule has 0 aliphatic heterocycles. The van der Waals surface area contributed by atoms with Crippen LogP contribution < -0.4 is 4.74 Å². The number of esters is 1. The monoisotopic (exact) mass is 486 g/mol. The molecule has 0 amide bonds. The first-order valence-electron chi connectivity index (χ1n) is 15.1. The van der Waals surface area contributed by atoms with Crippen LogP contribution in [-0.4, -0.2) is 5.97 Å². The van der Waals surface area contributed by atoms with Crippen LogP contribution in [0.2, 0.25) is 0 Å². The normalized spacial score (nSPS) is 24.9. The molecule has 1 aromatic rings. The summed E-state index contributed by atoms with van der Waals surface area (Å²) in [6.45, 7) is 4.32. The van der Waals surface area contributed by atoms with E-state index in [1.807, 2.05) is 6.92 Å². The Hall–Kier alpha value is -1.38. The predicted octanol–water partition coefficient (Wildman–Crippen LogP) is 9.83. The molecule has 0 spiro atoms. The smallest absolute Gasteiger partial charge is 0.311 e. The van der Waals surface area contributed by atoms with Gasteiger partial charge in [0.05, 0.1) is 0 Å². The Bertz CT molecular complexity index is 729. The number of benzene rings is 1. The molecule has 2 aliphatic rings. The third-order valence-corrected chi connectivity index (χ3v) is 8.95. The fourth-order valence-electron chi connectivity index (χ4n) is 6.68. The largest absolute Gasteiger partial charge is 0.426 e. The maximum Gasteiger partial charge on any atom is 0.311 e. The molecule has 1 aromatic carbocycles. The lowest BCUT2D eigenvalue weighted by Crippen LogP contribution is -2.26. The second kappa shape index (κ2) is 15.7. The Morgan fingerprint density at radius 3 is 2.00 bits per heavy atom. The van der Waals surface area contributed by atoms with Gasteiger partial charge in [-0.3, -0.25) is 4.79 Å². The quantitative estimate of drug-likeness (QED) is 0.149. The van der Waals surface area contributed by atoms with E-state index in [2.05, 4.69) is 6.92 Å². The van der Waals surface area contributed by atoms with Crippen molar-refractivity contribution in [3.05, 3.63) is 29.6 Å². The molecule has 0 N–H and O–H groups in total. The number of carbonyl (C=O) groups is 1. The van der Waals surface area contributed by atoms with E-state index in [4.69, 9.17) is 4.74 Å². The zero-order valence-corrected chi connectivity index (χ0v) is 22.7. The lowest BCUT2D eigenvalue weighted by Gasteiger charge is -2.38. The van der Waals surface area contributed by atoms with Crippen molar-refractivity contribution in [2.45, 2.75) is 136 Å². The summed E-state index contributed by atoms with van der Waals surface area (Å²) < 4.78 is 19.5. The Balaban J connectivity index is 1.26. The van der Waals surface area contributed by atoms with Gasteiger partial charge in [0.2, 0.25) is 0 Å². The summed E-state index contributed by atoms with van der Waals surface area (Å²) in [5.41, 5.74) is 0.690. The summed E-state index contributed by atoms with van der Waals surface area (Å²) in [7, 11) is 0. The molecule has 2 aliphatic carbocycles. The molecular formula is C32H51FO2. The molecule has 0 heterocycles. The fourth-order valence-corrected chi connectivity index (χ4v) is 6.68. The zero-order valence-electron chi connectivity index (χ0n) is 22.7. The number of hydrogen-bond acceptors (Lipinski definition) is 2. The van der Waals surface area contributed by atoms with Gasteiger partial charge < -0.3 is 4.74 Å². The van der Waals surface area contributed by atoms with Crippen LogP contribution in [-0.2, 0) is 11.2 Å². The lowest BCUT2D eigenvalue weighted by molar-refractivity contribution is -0.134. The van der Waals surface area contributed by atoms with Crippen molar-refractivity contribution in [2.75, 3.05) is 0 Å². The van der Waals surface area contributed by atoms with E-state index in [0.29, 0.717) is 30.1 Å².